The molecule has 0 aromatic carbocycles. The molecule has 9 nitrogen and oxygen atoms in total. The number of carbonyl (C=O) groups excluding carboxylic acids is 1. The van der Waals surface area contributed by atoms with Crippen LogP contribution in [0.25, 0.3) is 0 Å². The van der Waals surface area contributed by atoms with E-state index < -0.39 is 48.9 Å². The van der Waals surface area contributed by atoms with E-state index in [1.54, 1.807) is 0 Å². The smallest absolute Gasteiger partial charge is 0.335 e. The molecule has 1 saturated heterocycles. The summed E-state index contributed by atoms with van der Waals surface area (Å²) in [5.74, 6) is 0.455. The van der Waals surface area contributed by atoms with E-state index in [0.29, 0.717) is 30.6 Å². The van der Waals surface area contributed by atoms with Crippen molar-refractivity contribution < 1.29 is 44.6 Å². The Hall–Kier alpha value is -1.36. The summed E-state index contributed by atoms with van der Waals surface area (Å²) >= 11 is 0. The number of aliphatic hydroxyl groups is 4. The van der Waals surface area contributed by atoms with Gasteiger partial charge in [0.2, 0.25) is 0 Å². The summed E-state index contributed by atoms with van der Waals surface area (Å²) < 4.78 is 11.1. The zero-order chi connectivity index (χ0) is 22.7. The molecule has 5 rings (SSSR count). The van der Waals surface area contributed by atoms with Crippen molar-refractivity contribution >= 4 is 11.8 Å². The van der Waals surface area contributed by atoms with Crippen LogP contribution in [0.2, 0.25) is 0 Å². The molecule has 0 bridgehead atoms. The van der Waals surface area contributed by atoms with E-state index in [4.69, 9.17) is 9.47 Å². The standard InChI is InChI=1S/C23H32O9/c24-10-2-4-11-9(7-10)1-3-13-12(11)5-6-14-15(13)8-16(17(14)25)31-23-20(28)18(26)19(27)21(32-23)22(29)30/h7,11-21,23,25-28H,1-6,8H2,(H,29,30)/t11-,12+,13+,14?,15-,16?,17+,18?,19-,20+,21-,23-/m0/s1. The van der Waals surface area contributed by atoms with Crippen molar-refractivity contribution in [3.63, 3.8) is 0 Å². The van der Waals surface area contributed by atoms with E-state index in [2.05, 4.69) is 0 Å². The highest BCUT2D eigenvalue weighted by molar-refractivity contribution is 5.91. The van der Waals surface area contributed by atoms with Gasteiger partial charge in [0.25, 0.3) is 0 Å². The first-order chi connectivity index (χ1) is 15.3. The number of carboxylic acids is 1. The number of aliphatic carboxylic acids is 1. The van der Waals surface area contributed by atoms with Crippen LogP contribution in [0.15, 0.2) is 11.6 Å². The number of carbonyl (C=O) groups is 2. The van der Waals surface area contributed by atoms with Gasteiger partial charge in [-0.2, -0.15) is 0 Å². The Morgan fingerprint density at radius 2 is 1.62 bits per heavy atom. The van der Waals surface area contributed by atoms with E-state index in [1.165, 1.54) is 5.57 Å². The topological polar surface area (TPSA) is 154 Å². The van der Waals surface area contributed by atoms with E-state index in [9.17, 15) is 35.1 Å². The molecule has 1 aliphatic heterocycles. The van der Waals surface area contributed by atoms with Gasteiger partial charge in [0.15, 0.2) is 18.2 Å². The number of carboxylic acid groups (broad SMARTS) is 1. The highest BCUT2D eigenvalue weighted by Gasteiger charge is 2.55. The number of fused-ring (bicyclic) bond motifs is 5. The summed E-state index contributed by atoms with van der Waals surface area (Å²) in [7, 11) is 0. The minimum Gasteiger partial charge on any atom is -0.479 e. The molecular formula is C23H32O9. The number of allylic oxidation sites excluding steroid dienone is 1. The molecule has 4 fully saturated rings. The molecular weight excluding hydrogens is 420 g/mol. The number of hydrogen-bond donors (Lipinski definition) is 5. The minimum absolute atomic E-state index is 0.0588. The predicted molar refractivity (Wildman–Crippen MR) is 108 cm³/mol. The van der Waals surface area contributed by atoms with Gasteiger partial charge in [-0.3, -0.25) is 4.79 Å². The highest BCUT2D eigenvalue weighted by atomic mass is 16.7. The third kappa shape index (κ3) is 3.63. The Labute approximate surface area is 186 Å². The van der Waals surface area contributed by atoms with Crippen LogP contribution in [0.4, 0.5) is 0 Å². The lowest BCUT2D eigenvalue weighted by atomic mass is 9.56. The molecule has 0 amide bonds. The van der Waals surface area contributed by atoms with E-state index in [0.717, 1.165) is 32.1 Å². The monoisotopic (exact) mass is 452 g/mol. The summed E-state index contributed by atoms with van der Waals surface area (Å²) in [6.07, 6.45) is -2.01. The van der Waals surface area contributed by atoms with E-state index >= 15 is 0 Å². The normalized spacial score (nSPS) is 50.8. The first-order valence-corrected chi connectivity index (χ1v) is 11.8. The first kappa shape index (κ1) is 22.4. The van der Waals surface area contributed by atoms with E-state index in [1.807, 2.05) is 6.08 Å². The van der Waals surface area contributed by atoms with Crippen molar-refractivity contribution in [2.75, 3.05) is 0 Å². The van der Waals surface area contributed by atoms with Crippen molar-refractivity contribution in [3.8, 4) is 0 Å². The van der Waals surface area contributed by atoms with Crippen molar-refractivity contribution in [1.82, 2.24) is 0 Å². The molecule has 5 aliphatic rings. The number of aliphatic hydroxyl groups excluding tert-OH is 4. The molecule has 0 aromatic rings. The van der Waals surface area contributed by atoms with Gasteiger partial charge in [-0.15, -0.1) is 0 Å². The lowest BCUT2D eigenvalue weighted by Gasteiger charge is -2.49. The second-order valence-electron chi connectivity index (χ2n) is 10.2. The number of ketones is 1. The highest BCUT2D eigenvalue weighted by Crippen LogP contribution is 2.57. The van der Waals surface area contributed by atoms with Crippen LogP contribution in [0, 0.1) is 29.6 Å². The fourth-order valence-corrected chi connectivity index (χ4v) is 7.25. The van der Waals surface area contributed by atoms with Gasteiger partial charge in [-0.25, -0.2) is 4.79 Å². The van der Waals surface area contributed by atoms with Crippen molar-refractivity contribution in [1.29, 1.82) is 0 Å². The second-order valence-corrected chi connectivity index (χ2v) is 10.2. The van der Waals surface area contributed by atoms with Crippen LogP contribution < -0.4 is 0 Å². The quantitative estimate of drug-likeness (QED) is 0.398. The van der Waals surface area contributed by atoms with Crippen LogP contribution in [-0.4, -0.2) is 80.2 Å². The van der Waals surface area contributed by atoms with Crippen LogP contribution in [-0.2, 0) is 19.1 Å². The molecule has 178 valence electrons. The fourth-order valence-electron chi connectivity index (χ4n) is 7.25. The van der Waals surface area contributed by atoms with Crippen LogP contribution >= 0.6 is 0 Å². The predicted octanol–water partition coefficient (Wildman–Crippen LogP) is -0.0137. The Balaban J connectivity index is 1.29. The summed E-state index contributed by atoms with van der Waals surface area (Å²) in [5, 5.41) is 50.5. The SMILES string of the molecule is O=C1C=C2CC[C@@H]3[C@H](CCC4[C@@H](O)C(O[C@H]5O[C@H](C(=O)O)[C@@H](O)C(O)[C@H]5O)C[C@H]43)[C@H]2CC1. The molecule has 9 heteroatoms. The van der Waals surface area contributed by atoms with Gasteiger partial charge in [0.05, 0.1) is 12.2 Å². The van der Waals surface area contributed by atoms with Crippen LogP contribution in [0.1, 0.15) is 44.9 Å². The Bertz CT molecular complexity index is 796. The average Bonchev–Trinajstić information content (AvgIpc) is 3.09. The van der Waals surface area contributed by atoms with Gasteiger partial charge < -0.3 is 35.0 Å². The maximum Gasteiger partial charge on any atom is 0.335 e. The first-order valence-electron chi connectivity index (χ1n) is 11.8. The molecule has 1 heterocycles. The van der Waals surface area contributed by atoms with Gasteiger partial charge >= 0.3 is 5.97 Å². The van der Waals surface area contributed by atoms with Gasteiger partial charge in [0.1, 0.15) is 18.3 Å². The molecule has 3 unspecified atom stereocenters. The van der Waals surface area contributed by atoms with Crippen molar-refractivity contribution in [2.24, 2.45) is 29.6 Å². The molecule has 0 radical (unpaired) electrons. The Morgan fingerprint density at radius 3 is 2.38 bits per heavy atom. The largest absolute Gasteiger partial charge is 0.479 e. The van der Waals surface area contributed by atoms with E-state index in [-0.39, 0.29) is 17.6 Å². The van der Waals surface area contributed by atoms with Crippen LogP contribution in [0.3, 0.4) is 0 Å². The number of rotatable bonds is 3. The lowest BCUT2D eigenvalue weighted by molar-refractivity contribution is -0.309. The summed E-state index contributed by atoms with van der Waals surface area (Å²) in [6, 6.07) is 0. The average molecular weight is 453 g/mol. The third-order valence-corrected chi connectivity index (χ3v) is 8.74. The zero-order valence-electron chi connectivity index (χ0n) is 17.8. The maximum absolute atomic E-state index is 11.8. The van der Waals surface area contributed by atoms with Crippen molar-refractivity contribution in [3.05, 3.63) is 11.6 Å². The molecule has 4 aliphatic carbocycles. The molecule has 0 aromatic heterocycles. The zero-order valence-corrected chi connectivity index (χ0v) is 17.8. The Morgan fingerprint density at radius 1 is 0.875 bits per heavy atom. The summed E-state index contributed by atoms with van der Waals surface area (Å²) in [5.41, 5.74) is 1.29. The molecule has 12 atom stereocenters. The summed E-state index contributed by atoms with van der Waals surface area (Å²) in [6.45, 7) is 0. The molecule has 3 saturated carbocycles. The number of hydrogen-bond acceptors (Lipinski definition) is 8. The van der Waals surface area contributed by atoms with Gasteiger partial charge in [-0.1, -0.05) is 5.57 Å². The third-order valence-electron chi connectivity index (χ3n) is 8.74. The summed E-state index contributed by atoms with van der Waals surface area (Å²) in [4.78, 5) is 23.2. The van der Waals surface area contributed by atoms with Crippen molar-refractivity contribution in [2.45, 2.75) is 87.9 Å². The Kier molecular flexibility index (Phi) is 5.92. The van der Waals surface area contributed by atoms with Gasteiger partial charge in [-0.05, 0) is 74.2 Å². The lowest BCUT2D eigenvalue weighted by Crippen LogP contribution is -2.61. The fraction of sp³-hybridized carbons (Fsp3) is 0.826. The maximum atomic E-state index is 11.8. The van der Waals surface area contributed by atoms with Crippen LogP contribution in [0.5, 0.6) is 0 Å². The minimum atomic E-state index is -1.77. The number of ether oxygens (including phenoxy) is 2. The second kappa shape index (κ2) is 8.45. The molecule has 0 spiro atoms. The molecule has 32 heavy (non-hydrogen) atoms. The molecule has 5 N–H and O–H groups in total. The van der Waals surface area contributed by atoms with Gasteiger partial charge in [0, 0.05) is 6.42 Å².